The second-order valence-electron chi connectivity index (χ2n) is 18.0. The molecule has 348 valence electrons. The maximum atomic E-state index is 14.6. The largest absolute Gasteiger partial charge is 0.491 e. The van der Waals surface area contributed by atoms with Crippen LogP contribution in [0.4, 0.5) is 14.5 Å². The monoisotopic (exact) mass is 898 g/mol. The molecule has 0 saturated carbocycles. The molecule has 6 aliphatic rings. The van der Waals surface area contributed by atoms with Crippen molar-refractivity contribution in [2.45, 2.75) is 95.3 Å². The molecule has 8 rings (SSSR count). The summed E-state index contributed by atoms with van der Waals surface area (Å²) in [6.07, 6.45) is 6.24. The Balaban J connectivity index is 0.835. The third kappa shape index (κ3) is 9.56. The van der Waals surface area contributed by atoms with Crippen molar-refractivity contribution in [1.82, 2.24) is 30.2 Å². The molecule has 2 aromatic carbocycles. The molecule has 0 spiro atoms. The number of amidine groups is 1. The number of carbonyl (C=O) groups is 5. The summed E-state index contributed by atoms with van der Waals surface area (Å²) in [6, 6.07) is 7.79. The van der Waals surface area contributed by atoms with Crippen LogP contribution in [0.5, 0.6) is 5.75 Å². The maximum absolute atomic E-state index is 14.6. The lowest BCUT2D eigenvalue weighted by molar-refractivity contribution is -0.136. The Bertz CT molecular complexity index is 2250. The third-order valence-electron chi connectivity index (χ3n) is 14.2. The summed E-state index contributed by atoms with van der Waals surface area (Å²) in [4.78, 5) is 77.1. The first-order valence-corrected chi connectivity index (χ1v) is 23.0. The Morgan fingerprint density at radius 2 is 1.77 bits per heavy atom. The van der Waals surface area contributed by atoms with Crippen molar-refractivity contribution in [1.29, 1.82) is 5.41 Å². The van der Waals surface area contributed by atoms with Crippen LogP contribution in [-0.4, -0.2) is 151 Å². The number of aliphatic imine (C=N–C) groups is 1. The first kappa shape index (κ1) is 46.0. The van der Waals surface area contributed by atoms with E-state index in [0.717, 1.165) is 68.7 Å². The predicted octanol–water partition coefficient (Wildman–Crippen LogP) is 3.59. The van der Waals surface area contributed by atoms with Gasteiger partial charge < -0.3 is 30.5 Å². The Morgan fingerprint density at radius 1 is 1.00 bits per heavy atom. The van der Waals surface area contributed by atoms with E-state index in [2.05, 4.69) is 25.4 Å². The van der Waals surface area contributed by atoms with Gasteiger partial charge in [-0.15, -0.1) is 0 Å². The third-order valence-corrected chi connectivity index (χ3v) is 14.2. The summed E-state index contributed by atoms with van der Waals surface area (Å²) in [7, 11) is 1.57. The molecule has 0 aromatic heterocycles. The number of nitrogens with two attached hydrogens (primary N) is 1. The highest BCUT2D eigenvalue weighted by molar-refractivity contribution is 6.24. The average Bonchev–Trinajstić information content (AvgIpc) is 3.56. The number of likely N-dealkylation sites (tertiary alicyclic amines) is 3. The number of anilines is 1. The number of hydrogen-bond donors (Lipinski definition) is 4. The van der Waals surface area contributed by atoms with E-state index in [1.165, 1.54) is 18.5 Å². The smallest absolute Gasteiger partial charge is 0.266 e. The number of nitrogens with zero attached hydrogens (tertiary/aromatic N) is 6. The Hall–Kier alpha value is -5.59. The van der Waals surface area contributed by atoms with Gasteiger partial charge in [-0.2, -0.15) is 0 Å². The number of aryl methyl sites for hydroxylation is 1. The Kier molecular flexibility index (Phi) is 14.1. The fraction of sp³-hybridized carbons (Fsp3) is 0.553. The number of rotatable bonds is 12. The molecule has 0 aliphatic carbocycles. The zero-order chi connectivity index (χ0) is 45.9. The summed E-state index contributed by atoms with van der Waals surface area (Å²) < 4.78 is 35.3. The number of piperidine rings is 4. The molecular formula is C47H60F2N10O6. The molecule has 4 saturated heterocycles. The van der Waals surface area contributed by atoms with Crippen LogP contribution >= 0.6 is 0 Å². The number of ether oxygens (including phenoxy) is 1. The van der Waals surface area contributed by atoms with Crippen molar-refractivity contribution < 1.29 is 37.5 Å². The second-order valence-corrected chi connectivity index (χ2v) is 18.0. The lowest BCUT2D eigenvalue weighted by Gasteiger charge is -2.46. The number of allylic oxidation sites excluding steroid dienone is 1. The summed E-state index contributed by atoms with van der Waals surface area (Å²) in [5.74, 6) is -1.92. The standard InChI is InChI=1S/C47H60F2N10O6/c1-28(60)57-20-14-37(36(27-57)44(51)58-15-4-5-29-23-34(30(25-50)26-52-2)35(43(48)49)24-39(29)58)53-31-10-18-56(19-11-31)32-12-16-55(17-13-32)21-22-65-40-7-3-6-33-42(40)47(64)59(46(33)63)38-8-9-41(61)54-45(38)62/h3,6-7,23-26,31-32,36-38,43,51,53H,4-5,8-22,27,50H2,1-2H3,(H,54,61,62). The fourth-order valence-corrected chi connectivity index (χ4v) is 10.7. The van der Waals surface area contributed by atoms with Crippen LogP contribution in [-0.2, 0) is 20.8 Å². The number of halogens is 2. The molecule has 5 N–H and O–H groups in total. The van der Waals surface area contributed by atoms with E-state index in [1.807, 2.05) is 4.90 Å². The summed E-state index contributed by atoms with van der Waals surface area (Å²) >= 11 is 0. The van der Waals surface area contributed by atoms with Gasteiger partial charge in [0.2, 0.25) is 17.7 Å². The average molecular weight is 899 g/mol. The normalized spacial score (nSPS) is 24.2. The Labute approximate surface area is 378 Å². The number of carbonyl (C=O) groups excluding carboxylic acids is 5. The van der Waals surface area contributed by atoms with Crippen LogP contribution in [0, 0.1) is 11.3 Å². The molecule has 2 aromatic rings. The van der Waals surface area contributed by atoms with Gasteiger partial charge in [-0.3, -0.25) is 49.5 Å². The van der Waals surface area contributed by atoms with Gasteiger partial charge in [-0.05, 0) is 113 Å². The van der Waals surface area contributed by atoms with Gasteiger partial charge >= 0.3 is 0 Å². The molecule has 6 heterocycles. The highest BCUT2D eigenvalue weighted by Crippen LogP contribution is 2.39. The van der Waals surface area contributed by atoms with Gasteiger partial charge in [0.1, 0.15) is 24.2 Å². The fourth-order valence-electron chi connectivity index (χ4n) is 10.7. The van der Waals surface area contributed by atoms with E-state index >= 15 is 0 Å². The van der Waals surface area contributed by atoms with Crippen molar-refractivity contribution in [2.24, 2.45) is 16.6 Å². The molecule has 65 heavy (non-hydrogen) atoms. The zero-order valence-corrected chi connectivity index (χ0v) is 37.2. The van der Waals surface area contributed by atoms with Crippen molar-refractivity contribution in [3.63, 3.8) is 0 Å². The minimum atomic E-state index is -2.75. The van der Waals surface area contributed by atoms with E-state index < -0.39 is 36.1 Å². The van der Waals surface area contributed by atoms with E-state index in [-0.39, 0.29) is 53.4 Å². The predicted molar refractivity (Wildman–Crippen MR) is 241 cm³/mol. The molecule has 3 unspecified atom stereocenters. The molecule has 16 nitrogen and oxygen atoms in total. The molecule has 4 fully saturated rings. The number of amides is 5. The zero-order valence-electron chi connectivity index (χ0n) is 37.2. The van der Waals surface area contributed by atoms with Crippen LogP contribution in [0.2, 0.25) is 0 Å². The first-order valence-electron chi connectivity index (χ1n) is 23.0. The molecule has 0 bridgehead atoms. The van der Waals surface area contributed by atoms with Gasteiger partial charge in [0, 0.05) is 99.9 Å². The van der Waals surface area contributed by atoms with Gasteiger partial charge in [-0.1, -0.05) is 6.07 Å². The summed E-state index contributed by atoms with van der Waals surface area (Å²) in [5.41, 5.74) is 8.30. The van der Waals surface area contributed by atoms with E-state index in [1.54, 1.807) is 43.1 Å². The summed E-state index contributed by atoms with van der Waals surface area (Å²) in [6.45, 7) is 7.74. The number of hydrogen-bond acceptors (Lipinski definition) is 12. The van der Waals surface area contributed by atoms with E-state index in [0.29, 0.717) is 80.1 Å². The first-order chi connectivity index (χ1) is 31.4. The van der Waals surface area contributed by atoms with Crippen molar-refractivity contribution in [3.05, 3.63) is 64.3 Å². The number of benzene rings is 2. The van der Waals surface area contributed by atoms with Crippen molar-refractivity contribution in [2.75, 3.05) is 70.9 Å². The van der Waals surface area contributed by atoms with Crippen LogP contribution in [0.15, 0.2) is 41.5 Å². The minimum absolute atomic E-state index is 0.0379. The van der Waals surface area contributed by atoms with Gasteiger partial charge in [0.05, 0.1) is 11.1 Å². The van der Waals surface area contributed by atoms with Crippen LogP contribution in [0.1, 0.15) is 102 Å². The van der Waals surface area contributed by atoms with E-state index in [9.17, 15) is 38.2 Å². The van der Waals surface area contributed by atoms with Crippen LogP contribution < -0.4 is 26.0 Å². The van der Waals surface area contributed by atoms with Gasteiger partial charge in [-0.25, -0.2) is 8.78 Å². The highest BCUT2D eigenvalue weighted by atomic mass is 19.3. The molecule has 18 heteroatoms. The van der Waals surface area contributed by atoms with Gasteiger partial charge in [0.25, 0.3) is 18.2 Å². The lowest BCUT2D eigenvalue weighted by Crippen LogP contribution is -2.59. The molecule has 5 amide bonds. The topological polar surface area (TPSA) is 197 Å². The number of nitrogens with one attached hydrogen (secondary N) is 3. The SMILES string of the molecule is CN=CC(=CN)c1cc2c(cc1C(F)F)N(C(=N)C1CN(C(C)=O)CCC1NC1CCN(C3CCN(CCOc4cccc5c4C(=O)N(C4CCC(=O)NC4=O)C5=O)CC3)CC1)CCC2. The van der Waals surface area contributed by atoms with Crippen molar-refractivity contribution in [3.8, 4) is 5.75 Å². The maximum Gasteiger partial charge on any atom is 0.266 e. The second kappa shape index (κ2) is 19.9. The van der Waals surface area contributed by atoms with Crippen LogP contribution in [0.3, 0.4) is 0 Å². The number of imide groups is 2. The number of alkyl halides is 2. The molecule has 0 radical (unpaired) electrons. The van der Waals surface area contributed by atoms with E-state index in [4.69, 9.17) is 10.5 Å². The van der Waals surface area contributed by atoms with Crippen LogP contribution in [0.25, 0.3) is 5.57 Å². The lowest BCUT2D eigenvalue weighted by atomic mass is 9.86. The molecule has 6 aliphatic heterocycles. The quantitative estimate of drug-likeness (QED) is 0.138. The molecule has 3 atom stereocenters. The minimum Gasteiger partial charge on any atom is -0.491 e. The Morgan fingerprint density at radius 3 is 2.46 bits per heavy atom. The number of fused-ring (bicyclic) bond motifs is 2. The molecular weight excluding hydrogens is 839 g/mol. The highest BCUT2D eigenvalue weighted by Gasteiger charge is 2.46. The van der Waals surface area contributed by atoms with Gasteiger partial charge in [0.15, 0.2) is 0 Å². The van der Waals surface area contributed by atoms with Crippen molar-refractivity contribution >= 4 is 52.8 Å². The summed E-state index contributed by atoms with van der Waals surface area (Å²) in [5, 5.41) is 15.8.